The van der Waals surface area contributed by atoms with Crippen molar-refractivity contribution in [1.82, 2.24) is 10.0 Å². The molecule has 1 aliphatic rings. The molecular formula is C14H21N3O3S. The van der Waals surface area contributed by atoms with E-state index in [1.165, 1.54) is 12.1 Å². The van der Waals surface area contributed by atoms with E-state index in [0.717, 1.165) is 12.8 Å². The predicted molar refractivity (Wildman–Crippen MR) is 81.6 cm³/mol. The van der Waals surface area contributed by atoms with Crippen molar-refractivity contribution in [2.45, 2.75) is 43.7 Å². The zero-order valence-corrected chi connectivity index (χ0v) is 13.0. The Morgan fingerprint density at radius 3 is 2.67 bits per heavy atom. The van der Waals surface area contributed by atoms with Crippen LogP contribution in [-0.4, -0.2) is 33.0 Å². The van der Waals surface area contributed by atoms with E-state index in [0.29, 0.717) is 5.69 Å². The number of benzene rings is 1. The molecule has 0 heterocycles. The van der Waals surface area contributed by atoms with Gasteiger partial charge in [0.15, 0.2) is 0 Å². The van der Waals surface area contributed by atoms with Crippen LogP contribution in [0.1, 0.15) is 26.7 Å². The van der Waals surface area contributed by atoms with Crippen molar-refractivity contribution >= 4 is 21.6 Å². The van der Waals surface area contributed by atoms with Gasteiger partial charge in [-0.2, -0.15) is 0 Å². The number of hydrogen-bond donors (Lipinski definition) is 3. The van der Waals surface area contributed by atoms with E-state index in [1.807, 2.05) is 13.8 Å². The van der Waals surface area contributed by atoms with Crippen molar-refractivity contribution in [1.29, 1.82) is 0 Å². The standard InChI is InChI=1S/C14H21N3O3S/c1-10(2)15-9-14(18)16-12-4-3-5-13(8-12)21(19,20)17-11-6-7-11/h3-5,8,10-11,15,17H,6-7,9H2,1-2H3,(H,16,18). The number of nitrogens with one attached hydrogen (secondary N) is 3. The van der Waals surface area contributed by atoms with Gasteiger partial charge < -0.3 is 10.6 Å². The maximum absolute atomic E-state index is 12.1. The lowest BCUT2D eigenvalue weighted by Crippen LogP contribution is -2.32. The van der Waals surface area contributed by atoms with Gasteiger partial charge in [-0.05, 0) is 31.0 Å². The van der Waals surface area contributed by atoms with Crippen molar-refractivity contribution in [3.05, 3.63) is 24.3 Å². The highest BCUT2D eigenvalue weighted by molar-refractivity contribution is 7.89. The van der Waals surface area contributed by atoms with Gasteiger partial charge in [0.05, 0.1) is 11.4 Å². The van der Waals surface area contributed by atoms with Gasteiger partial charge in [-0.1, -0.05) is 19.9 Å². The highest BCUT2D eigenvalue weighted by Crippen LogP contribution is 2.23. The van der Waals surface area contributed by atoms with Crippen LogP contribution in [0.4, 0.5) is 5.69 Å². The third kappa shape index (κ3) is 5.11. The number of carbonyl (C=O) groups excluding carboxylic acids is 1. The first-order valence-electron chi connectivity index (χ1n) is 7.02. The lowest BCUT2D eigenvalue weighted by atomic mass is 10.3. The molecule has 1 saturated carbocycles. The number of carbonyl (C=O) groups is 1. The molecule has 0 aliphatic heterocycles. The SMILES string of the molecule is CC(C)NCC(=O)Nc1cccc(S(=O)(=O)NC2CC2)c1. The fourth-order valence-electron chi connectivity index (χ4n) is 1.73. The first-order valence-corrected chi connectivity index (χ1v) is 8.51. The van der Waals surface area contributed by atoms with Gasteiger partial charge in [0, 0.05) is 17.8 Å². The zero-order chi connectivity index (χ0) is 15.5. The van der Waals surface area contributed by atoms with Crippen molar-refractivity contribution in [2.75, 3.05) is 11.9 Å². The molecule has 1 aromatic carbocycles. The summed E-state index contributed by atoms with van der Waals surface area (Å²) in [5.41, 5.74) is 0.476. The minimum atomic E-state index is -3.50. The van der Waals surface area contributed by atoms with Crippen molar-refractivity contribution in [2.24, 2.45) is 0 Å². The van der Waals surface area contributed by atoms with Crippen LogP contribution in [0.2, 0.25) is 0 Å². The fourth-order valence-corrected chi connectivity index (χ4v) is 3.08. The maximum Gasteiger partial charge on any atom is 0.240 e. The summed E-state index contributed by atoms with van der Waals surface area (Å²) in [6.07, 6.45) is 1.77. The maximum atomic E-state index is 12.1. The van der Waals surface area contributed by atoms with E-state index in [1.54, 1.807) is 12.1 Å². The second-order valence-corrected chi connectivity index (χ2v) is 7.22. The Morgan fingerprint density at radius 1 is 1.33 bits per heavy atom. The van der Waals surface area contributed by atoms with Crippen LogP contribution >= 0.6 is 0 Å². The van der Waals surface area contributed by atoms with Crippen LogP contribution in [0.5, 0.6) is 0 Å². The second-order valence-electron chi connectivity index (χ2n) is 5.51. The summed E-state index contributed by atoms with van der Waals surface area (Å²) in [4.78, 5) is 11.9. The summed E-state index contributed by atoms with van der Waals surface area (Å²) in [5.74, 6) is -0.201. The molecule has 0 spiro atoms. The van der Waals surface area contributed by atoms with E-state index in [4.69, 9.17) is 0 Å². The van der Waals surface area contributed by atoms with Gasteiger partial charge >= 0.3 is 0 Å². The number of rotatable bonds is 7. The minimum Gasteiger partial charge on any atom is -0.325 e. The molecule has 1 aromatic rings. The summed E-state index contributed by atoms with van der Waals surface area (Å²) in [7, 11) is -3.50. The second kappa shape index (κ2) is 6.55. The lowest BCUT2D eigenvalue weighted by Gasteiger charge is -2.10. The molecular weight excluding hydrogens is 290 g/mol. The molecule has 21 heavy (non-hydrogen) atoms. The average molecular weight is 311 g/mol. The van der Waals surface area contributed by atoms with Crippen molar-refractivity contribution in [3.8, 4) is 0 Å². The Hall–Kier alpha value is -1.44. The summed E-state index contributed by atoms with van der Waals surface area (Å²) < 4.78 is 26.8. The molecule has 1 amide bonds. The smallest absolute Gasteiger partial charge is 0.240 e. The van der Waals surface area contributed by atoms with Crippen LogP contribution in [0.15, 0.2) is 29.2 Å². The molecule has 0 aromatic heterocycles. The quantitative estimate of drug-likeness (QED) is 0.703. The van der Waals surface area contributed by atoms with Gasteiger partial charge in [-0.3, -0.25) is 4.79 Å². The van der Waals surface area contributed by atoms with E-state index >= 15 is 0 Å². The number of sulfonamides is 1. The Balaban J connectivity index is 2.01. The van der Waals surface area contributed by atoms with E-state index in [9.17, 15) is 13.2 Å². The third-order valence-corrected chi connectivity index (χ3v) is 4.52. The third-order valence-electron chi connectivity index (χ3n) is 3.00. The molecule has 1 fully saturated rings. The topological polar surface area (TPSA) is 87.3 Å². The molecule has 6 nitrogen and oxygen atoms in total. The zero-order valence-electron chi connectivity index (χ0n) is 12.2. The molecule has 0 unspecified atom stereocenters. The van der Waals surface area contributed by atoms with Gasteiger partial charge in [-0.25, -0.2) is 13.1 Å². The molecule has 7 heteroatoms. The normalized spacial score (nSPS) is 15.2. The Bertz CT molecular complexity index is 610. The Morgan fingerprint density at radius 2 is 2.05 bits per heavy atom. The molecule has 1 aliphatic carbocycles. The summed E-state index contributed by atoms with van der Waals surface area (Å²) in [6, 6.07) is 6.55. The largest absolute Gasteiger partial charge is 0.325 e. The van der Waals surface area contributed by atoms with E-state index < -0.39 is 10.0 Å². The molecule has 3 N–H and O–H groups in total. The van der Waals surface area contributed by atoms with Crippen LogP contribution in [0, 0.1) is 0 Å². The molecule has 0 bridgehead atoms. The highest BCUT2D eigenvalue weighted by atomic mass is 32.2. The fraction of sp³-hybridized carbons (Fsp3) is 0.500. The van der Waals surface area contributed by atoms with E-state index in [-0.39, 0.29) is 29.4 Å². The monoisotopic (exact) mass is 311 g/mol. The highest BCUT2D eigenvalue weighted by Gasteiger charge is 2.28. The number of amides is 1. The molecule has 116 valence electrons. The predicted octanol–water partition coefficient (Wildman–Crippen LogP) is 1.06. The van der Waals surface area contributed by atoms with Crippen LogP contribution < -0.4 is 15.4 Å². The summed E-state index contributed by atoms with van der Waals surface area (Å²) >= 11 is 0. The Kier molecular flexibility index (Phi) is 4.97. The van der Waals surface area contributed by atoms with Crippen molar-refractivity contribution in [3.63, 3.8) is 0 Å². The van der Waals surface area contributed by atoms with Gasteiger partial charge in [0.2, 0.25) is 15.9 Å². The first kappa shape index (κ1) is 15.9. The number of hydrogen-bond acceptors (Lipinski definition) is 4. The average Bonchev–Trinajstić information content (AvgIpc) is 3.20. The molecule has 2 rings (SSSR count). The molecule has 0 radical (unpaired) electrons. The van der Waals surface area contributed by atoms with Crippen LogP contribution in [-0.2, 0) is 14.8 Å². The lowest BCUT2D eigenvalue weighted by molar-refractivity contribution is -0.115. The minimum absolute atomic E-state index is 0.0588. The van der Waals surface area contributed by atoms with E-state index in [2.05, 4.69) is 15.4 Å². The molecule has 0 saturated heterocycles. The summed E-state index contributed by atoms with van der Waals surface area (Å²) in [6.45, 7) is 4.09. The first-order chi connectivity index (χ1) is 9.87. The van der Waals surface area contributed by atoms with Crippen molar-refractivity contribution < 1.29 is 13.2 Å². The van der Waals surface area contributed by atoms with Crippen LogP contribution in [0.25, 0.3) is 0 Å². The van der Waals surface area contributed by atoms with Gasteiger partial charge in [0.1, 0.15) is 0 Å². The van der Waals surface area contributed by atoms with Gasteiger partial charge in [0.25, 0.3) is 0 Å². The van der Waals surface area contributed by atoms with Gasteiger partial charge in [-0.15, -0.1) is 0 Å². The molecule has 0 atom stereocenters. The number of anilines is 1. The Labute approximate surface area is 125 Å². The van der Waals surface area contributed by atoms with Crippen LogP contribution in [0.3, 0.4) is 0 Å². The summed E-state index contributed by atoms with van der Waals surface area (Å²) in [5, 5.41) is 5.69.